The Balaban J connectivity index is 1.83. The van der Waals surface area contributed by atoms with E-state index in [1.807, 2.05) is 12.1 Å². The van der Waals surface area contributed by atoms with E-state index in [9.17, 15) is 0 Å². The van der Waals surface area contributed by atoms with E-state index in [1.54, 1.807) is 0 Å². The smallest absolute Gasteiger partial charge is 0.200 e. The minimum atomic E-state index is 0.529. The lowest BCUT2D eigenvalue weighted by molar-refractivity contribution is 0.557. The number of fused-ring (bicyclic) bond motifs is 1. The topological polar surface area (TPSA) is 71.2 Å². The van der Waals surface area contributed by atoms with E-state index in [4.69, 9.17) is 0 Å². The molecule has 1 aliphatic rings. The van der Waals surface area contributed by atoms with Gasteiger partial charge in [0.05, 0.1) is 0 Å². The van der Waals surface area contributed by atoms with Gasteiger partial charge in [0.15, 0.2) is 11.5 Å². The lowest BCUT2D eigenvalue weighted by atomic mass is 10.1. The molecule has 2 aromatic rings. The molecule has 3 heterocycles. The van der Waals surface area contributed by atoms with Crippen LogP contribution in [0.2, 0.25) is 0 Å². The predicted molar refractivity (Wildman–Crippen MR) is 67.5 cm³/mol. The molecule has 7 heteroatoms. The summed E-state index contributed by atoms with van der Waals surface area (Å²) in [6, 6.07) is 4.40. The number of rotatable bonds is 2. The fourth-order valence-electron chi connectivity index (χ4n) is 2.40. The molecule has 1 fully saturated rings. The maximum atomic E-state index is 4.43. The van der Waals surface area contributed by atoms with Gasteiger partial charge in [-0.15, -0.1) is 14.8 Å². The highest BCUT2D eigenvalue weighted by Gasteiger charge is 2.18. The SMILES string of the molecule is CN(c1ccc2nnnn2n1)C1CCCNCC1. The van der Waals surface area contributed by atoms with Gasteiger partial charge >= 0.3 is 0 Å². The normalized spacial score (nSPS) is 20.8. The third kappa shape index (κ3) is 2.13. The van der Waals surface area contributed by atoms with Gasteiger partial charge in [-0.25, -0.2) is 0 Å². The maximum Gasteiger partial charge on any atom is 0.200 e. The second-order valence-corrected chi connectivity index (χ2v) is 4.66. The van der Waals surface area contributed by atoms with Crippen LogP contribution in [0.3, 0.4) is 0 Å². The van der Waals surface area contributed by atoms with Crippen molar-refractivity contribution in [3.63, 3.8) is 0 Å². The summed E-state index contributed by atoms with van der Waals surface area (Å²) in [6.45, 7) is 2.19. The van der Waals surface area contributed by atoms with E-state index in [-0.39, 0.29) is 0 Å². The minimum absolute atomic E-state index is 0.529. The van der Waals surface area contributed by atoms with Crippen LogP contribution < -0.4 is 10.2 Å². The van der Waals surface area contributed by atoms with Gasteiger partial charge in [-0.1, -0.05) is 0 Å². The average molecular weight is 247 g/mol. The zero-order valence-corrected chi connectivity index (χ0v) is 10.5. The molecular formula is C11H17N7. The number of nitrogens with one attached hydrogen (secondary N) is 1. The Kier molecular flexibility index (Phi) is 3.06. The van der Waals surface area contributed by atoms with E-state index in [0.717, 1.165) is 25.3 Å². The molecule has 0 amide bonds. The van der Waals surface area contributed by atoms with Gasteiger partial charge in [0.25, 0.3) is 0 Å². The summed E-state index contributed by atoms with van der Waals surface area (Å²) < 4.78 is 1.47. The molecule has 1 aliphatic heterocycles. The monoisotopic (exact) mass is 247 g/mol. The predicted octanol–water partition coefficient (Wildman–Crippen LogP) is 0.0976. The first kappa shape index (κ1) is 11.3. The first-order valence-electron chi connectivity index (χ1n) is 6.33. The van der Waals surface area contributed by atoms with Gasteiger partial charge < -0.3 is 10.2 Å². The summed E-state index contributed by atoms with van der Waals surface area (Å²) in [5.74, 6) is 0.918. The molecule has 1 saturated heterocycles. The maximum absolute atomic E-state index is 4.43. The van der Waals surface area contributed by atoms with E-state index < -0.39 is 0 Å². The number of nitrogens with zero attached hydrogens (tertiary/aromatic N) is 6. The van der Waals surface area contributed by atoms with Crippen molar-refractivity contribution in [2.45, 2.75) is 25.3 Å². The van der Waals surface area contributed by atoms with Crippen LogP contribution in [0.5, 0.6) is 0 Å². The molecule has 18 heavy (non-hydrogen) atoms. The van der Waals surface area contributed by atoms with Crippen LogP contribution in [-0.2, 0) is 0 Å². The van der Waals surface area contributed by atoms with Gasteiger partial charge in [-0.3, -0.25) is 0 Å². The molecule has 96 valence electrons. The van der Waals surface area contributed by atoms with Crippen molar-refractivity contribution >= 4 is 11.5 Å². The molecule has 0 bridgehead atoms. The lowest BCUT2D eigenvalue weighted by Crippen LogP contribution is -2.33. The molecule has 2 aromatic heterocycles. The largest absolute Gasteiger partial charge is 0.355 e. The molecule has 1 unspecified atom stereocenters. The number of hydrogen-bond donors (Lipinski definition) is 1. The van der Waals surface area contributed by atoms with E-state index >= 15 is 0 Å². The molecule has 0 aliphatic carbocycles. The quantitative estimate of drug-likeness (QED) is 0.811. The molecule has 3 rings (SSSR count). The van der Waals surface area contributed by atoms with Gasteiger partial charge in [0, 0.05) is 13.1 Å². The summed E-state index contributed by atoms with van der Waals surface area (Å²) in [7, 11) is 2.09. The van der Waals surface area contributed by atoms with Gasteiger partial charge in [-0.2, -0.15) is 0 Å². The molecule has 7 nitrogen and oxygen atoms in total. The number of tetrazole rings is 1. The molecular weight excluding hydrogens is 230 g/mol. The van der Waals surface area contributed by atoms with Crippen molar-refractivity contribution in [1.29, 1.82) is 0 Å². The Morgan fingerprint density at radius 2 is 2.28 bits per heavy atom. The minimum Gasteiger partial charge on any atom is -0.355 e. The molecule has 0 aromatic carbocycles. The first-order chi connectivity index (χ1) is 8.84. The van der Waals surface area contributed by atoms with E-state index in [1.165, 1.54) is 17.5 Å². The number of anilines is 1. The van der Waals surface area contributed by atoms with Crippen LogP contribution in [0.4, 0.5) is 5.82 Å². The van der Waals surface area contributed by atoms with Crippen LogP contribution in [0, 0.1) is 0 Å². The van der Waals surface area contributed by atoms with Crippen LogP contribution in [0.25, 0.3) is 5.65 Å². The Hall–Kier alpha value is -1.76. The van der Waals surface area contributed by atoms with Crippen LogP contribution in [0.15, 0.2) is 12.1 Å². The van der Waals surface area contributed by atoms with Crippen molar-refractivity contribution in [2.75, 3.05) is 25.0 Å². The Bertz CT molecular complexity index is 515. The summed E-state index contributed by atoms with van der Waals surface area (Å²) in [4.78, 5) is 2.23. The van der Waals surface area contributed by atoms with Crippen LogP contribution in [-0.4, -0.2) is 51.4 Å². The fraction of sp³-hybridized carbons (Fsp3) is 0.636. The number of aromatic nitrogens is 5. The van der Waals surface area contributed by atoms with Gasteiger partial charge in [0.1, 0.15) is 0 Å². The number of hydrogen-bond acceptors (Lipinski definition) is 6. The van der Waals surface area contributed by atoms with Gasteiger partial charge in [-0.05, 0) is 54.9 Å². The van der Waals surface area contributed by atoms with E-state index in [0.29, 0.717) is 11.7 Å². The second-order valence-electron chi connectivity index (χ2n) is 4.66. The lowest BCUT2D eigenvalue weighted by Gasteiger charge is -2.27. The van der Waals surface area contributed by atoms with Crippen molar-refractivity contribution in [3.8, 4) is 0 Å². The Morgan fingerprint density at radius 1 is 1.33 bits per heavy atom. The van der Waals surface area contributed by atoms with Crippen LogP contribution in [0.1, 0.15) is 19.3 Å². The summed E-state index contributed by atoms with van der Waals surface area (Å²) in [5, 5.41) is 19.1. The van der Waals surface area contributed by atoms with Crippen LogP contribution >= 0.6 is 0 Å². The molecule has 0 radical (unpaired) electrons. The summed E-state index contributed by atoms with van der Waals surface area (Å²) in [5.41, 5.74) is 0.676. The van der Waals surface area contributed by atoms with Crippen molar-refractivity contribution < 1.29 is 0 Å². The highest BCUT2D eigenvalue weighted by molar-refractivity contribution is 5.44. The zero-order chi connectivity index (χ0) is 12.4. The van der Waals surface area contributed by atoms with Crippen molar-refractivity contribution in [2.24, 2.45) is 0 Å². The summed E-state index contributed by atoms with van der Waals surface area (Å²) in [6.07, 6.45) is 3.55. The Labute approximate surface area is 105 Å². The molecule has 0 spiro atoms. The molecule has 0 saturated carbocycles. The third-order valence-electron chi connectivity index (χ3n) is 3.51. The van der Waals surface area contributed by atoms with Gasteiger partial charge in [0.2, 0.25) is 0 Å². The van der Waals surface area contributed by atoms with Crippen molar-refractivity contribution in [1.82, 2.24) is 30.6 Å². The average Bonchev–Trinajstić information content (AvgIpc) is 2.69. The highest BCUT2D eigenvalue weighted by Crippen LogP contribution is 2.18. The highest BCUT2D eigenvalue weighted by atomic mass is 15.6. The summed E-state index contributed by atoms with van der Waals surface area (Å²) >= 11 is 0. The second kappa shape index (κ2) is 4.85. The van der Waals surface area contributed by atoms with E-state index in [2.05, 4.69) is 37.9 Å². The first-order valence-corrected chi connectivity index (χ1v) is 6.33. The third-order valence-corrected chi connectivity index (χ3v) is 3.51. The fourth-order valence-corrected chi connectivity index (χ4v) is 2.40. The molecule has 1 N–H and O–H groups in total. The standard InChI is InChI=1S/C11H17N7/c1-17(9-3-2-7-12-8-6-9)11-5-4-10-13-15-16-18(10)14-11/h4-5,9,12H,2-3,6-8H2,1H3. The van der Waals surface area contributed by atoms with Crippen molar-refractivity contribution in [3.05, 3.63) is 12.1 Å². The Morgan fingerprint density at radius 3 is 3.22 bits per heavy atom. The zero-order valence-electron chi connectivity index (χ0n) is 10.5. The molecule has 1 atom stereocenters.